The third-order valence-electron chi connectivity index (χ3n) is 4.82. The van der Waals surface area contributed by atoms with Crippen molar-refractivity contribution in [2.45, 2.75) is 12.5 Å². The van der Waals surface area contributed by atoms with Gasteiger partial charge >= 0.3 is 0 Å². The van der Waals surface area contributed by atoms with Crippen molar-refractivity contribution in [3.63, 3.8) is 0 Å². The lowest BCUT2D eigenvalue weighted by molar-refractivity contribution is -0.116. The fourth-order valence-corrected chi connectivity index (χ4v) is 3.32. The molecular formula is C23H26N2O5. The molecule has 1 aromatic heterocycles. The maximum absolute atomic E-state index is 12.9. The van der Waals surface area contributed by atoms with E-state index in [4.69, 9.17) is 18.9 Å². The van der Waals surface area contributed by atoms with E-state index in [-0.39, 0.29) is 18.4 Å². The zero-order valence-electron chi connectivity index (χ0n) is 17.5. The summed E-state index contributed by atoms with van der Waals surface area (Å²) in [5.41, 5.74) is 1.57. The lowest BCUT2D eigenvalue weighted by atomic mass is 10.0. The van der Waals surface area contributed by atoms with Gasteiger partial charge in [-0.3, -0.25) is 4.79 Å². The first-order valence-electron chi connectivity index (χ1n) is 9.45. The summed E-state index contributed by atoms with van der Waals surface area (Å²) in [6, 6.07) is 14.8. The molecule has 0 aliphatic rings. The van der Waals surface area contributed by atoms with Gasteiger partial charge in [0.05, 0.1) is 40.9 Å². The van der Waals surface area contributed by atoms with E-state index in [0.29, 0.717) is 22.9 Å². The van der Waals surface area contributed by atoms with Crippen molar-refractivity contribution >= 4 is 11.6 Å². The Labute approximate surface area is 176 Å². The Balaban J connectivity index is 1.83. The van der Waals surface area contributed by atoms with E-state index in [1.54, 1.807) is 19.2 Å². The highest BCUT2D eigenvalue weighted by molar-refractivity contribution is 5.92. The molecule has 1 N–H and O–H groups in total. The van der Waals surface area contributed by atoms with Crippen LogP contribution in [0.25, 0.3) is 0 Å². The molecule has 1 heterocycles. The number of aromatic nitrogens is 1. The molecule has 0 saturated carbocycles. The van der Waals surface area contributed by atoms with E-state index >= 15 is 0 Å². The number of hydrogen-bond acceptors (Lipinski definition) is 5. The van der Waals surface area contributed by atoms with Gasteiger partial charge in [-0.05, 0) is 29.8 Å². The van der Waals surface area contributed by atoms with Gasteiger partial charge in [-0.1, -0.05) is 12.1 Å². The molecule has 2 aromatic carbocycles. The first-order valence-corrected chi connectivity index (χ1v) is 9.45. The maximum atomic E-state index is 12.9. The fraction of sp³-hybridized carbons (Fsp3) is 0.261. The molecule has 0 aliphatic heterocycles. The van der Waals surface area contributed by atoms with Gasteiger partial charge in [0.2, 0.25) is 11.7 Å². The van der Waals surface area contributed by atoms with Gasteiger partial charge in [0, 0.05) is 30.2 Å². The Morgan fingerprint density at radius 2 is 1.50 bits per heavy atom. The molecule has 0 radical (unpaired) electrons. The summed E-state index contributed by atoms with van der Waals surface area (Å²) in [4.78, 5) is 12.9. The van der Waals surface area contributed by atoms with Crippen LogP contribution in [0.1, 0.15) is 18.0 Å². The normalized spacial score (nSPS) is 11.5. The SMILES string of the molecule is COc1ccc([C@H](CC(=O)Nc2cc(OC)c(OC)c(OC)c2)n2cccc2)cc1. The lowest BCUT2D eigenvalue weighted by Crippen LogP contribution is -2.19. The predicted molar refractivity (Wildman–Crippen MR) is 115 cm³/mol. The highest BCUT2D eigenvalue weighted by atomic mass is 16.5. The molecule has 1 amide bonds. The molecule has 3 aromatic rings. The number of ether oxygens (including phenoxy) is 4. The van der Waals surface area contributed by atoms with Crippen molar-refractivity contribution in [2.75, 3.05) is 33.8 Å². The van der Waals surface area contributed by atoms with Gasteiger partial charge in [0.15, 0.2) is 11.5 Å². The molecule has 0 bridgehead atoms. The Morgan fingerprint density at radius 3 is 2.00 bits per heavy atom. The van der Waals surface area contributed by atoms with Crippen LogP contribution in [0.5, 0.6) is 23.0 Å². The van der Waals surface area contributed by atoms with Crippen LogP contribution in [-0.2, 0) is 4.79 Å². The van der Waals surface area contributed by atoms with Crippen LogP contribution in [0, 0.1) is 0 Å². The number of anilines is 1. The van der Waals surface area contributed by atoms with E-state index < -0.39 is 0 Å². The van der Waals surface area contributed by atoms with Crippen LogP contribution in [0.3, 0.4) is 0 Å². The van der Waals surface area contributed by atoms with Crippen molar-refractivity contribution in [3.05, 3.63) is 66.5 Å². The summed E-state index contributed by atoms with van der Waals surface area (Å²) in [5, 5.41) is 2.93. The van der Waals surface area contributed by atoms with Crippen LogP contribution in [-0.4, -0.2) is 38.9 Å². The number of hydrogen-bond donors (Lipinski definition) is 1. The molecule has 1 atom stereocenters. The summed E-state index contributed by atoms with van der Waals surface area (Å²) in [5.74, 6) is 2.06. The zero-order chi connectivity index (χ0) is 21.5. The second kappa shape index (κ2) is 9.73. The average Bonchev–Trinajstić information content (AvgIpc) is 3.31. The second-order valence-corrected chi connectivity index (χ2v) is 6.59. The third-order valence-corrected chi connectivity index (χ3v) is 4.82. The number of rotatable bonds is 9. The molecule has 0 aliphatic carbocycles. The average molecular weight is 410 g/mol. The number of nitrogens with zero attached hydrogens (tertiary/aromatic N) is 1. The second-order valence-electron chi connectivity index (χ2n) is 6.59. The number of benzene rings is 2. The molecular weight excluding hydrogens is 384 g/mol. The van der Waals surface area contributed by atoms with Crippen LogP contribution < -0.4 is 24.3 Å². The van der Waals surface area contributed by atoms with Crippen molar-refractivity contribution in [1.82, 2.24) is 4.57 Å². The molecule has 7 heteroatoms. The van der Waals surface area contributed by atoms with Gasteiger partial charge in [-0.2, -0.15) is 0 Å². The smallest absolute Gasteiger partial charge is 0.226 e. The van der Waals surface area contributed by atoms with E-state index in [9.17, 15) is 4.79 Å². The Hall–Kier alpha value is -3.61. The monoisotopic (exact) mass is 410 g/mol. The minimum absolute atomic E-state index is 0.140. The van der Waals surface area contributed by atoms with E-state index in [0.717, 1.165) is 11.3 Å². The van der Waals surface area contributed by atoms with E-state index in [1.165, 1.54) is 21.3 Å². The number of carbonyl (C=O) groups is 1. The Morgan fingerprint density at radius 1 is 0.900 bits per heavy atom. The minimum atomic E-state index is -0.159. The standard InChI is InChI=1S/C23H26N2O5/c1-27-18-9-7-16(8-10-18)19(25-11-5-6-12-25)15-22(26)24-17-13-20(28-2)23(30-4)21(14-17)29-3/h5-14,19H,15H2,1-4H3,(H,24,26)/t19-/m0/s1. The summed E-state index contributed by atoms with van der Waals surface area (Å²) in [6.07, 6.45) is 4.14. The summed E-state index contributed by atoms with van der Waals surface area (Å²) in [6.45, 7) is 0. The Bertz CT molecular complexity index is 943. The van der Waals surface area contributed by atoms with E-state index in [2.05, 4.69) is 5.32 Å². The van der Waals surface area contributed by atoms with Gasteiger partial charge in [-0.15, -0.1) is 0 Å². The largest absolute Gasteiger partial charge is 0.497 e. The highest BCUT2D eigenvalue weighted by Crippen LogP contribution is 2.40. The highest BCUT2D eigenvalue weighted by Gasteiger charge is 2.19. The van der Waals surface area contributed by atoms with Crippen LogP contribution in [0.4, 0.5) is 5.69 Å². The summed E-state index contributed by atoms with van der Waals surface area (Å²) < 4.78 is 23.3. The molecule has 30 heavy (non-hydrogen) atoms. The fourth-order valence-electron chi connectivity index (χ4n) is 3.32. The van der Waals surface area contributed by atoms with Crippen LogP contribution in [0.2, 0.25) is 0 Å². The number of methoxy groups -OCH3 is 4. The van der Waals surface area contributed by atoms with Gasteiger partial charge in [-0.25, -0.2) is 0 Å². The predicted octanol–water partition coefficient (Wildman–Crippen LogP) is 4.14. The molecule has 0 saturated heterocycles. The molecule has 7 nitrogen and oxygen atoms in total. The van der Waals surface area contributed by atoms with Gasteiger partial charge < -0.3 is 28.8 Å². The van der Waals surface area contributed by atoms with E-state index in [1.807, 2.05) is 53.4 Å². The number of amides is 1. The zero-order valence-corrected chi connectivity index (χ0v) is 17.5. The molecule has 0 spiro atoms. The van der Waals surface area contributed by atoms with Crippen LogP contribution in [0.15, 0.2) is 60.9 Å². The molecule has 158 valence electrons. The van der Waals surface area contributed by atoms with Crippen molar-refractivity contribution in [2.24, 2.45) is 0 Å². The van der Waals surface area contributed by atoms with Crippen molar-refractivity contribution in [3.8, 4) is 23.0 Å². The van der Waals surface area contributed by atoms with Crippen molar-refractivity contribution < 1.29 is 23.7 Å². The minimum Gasteiger partial charge on any atom is -0.497 e. The number of nitrogens with one attached hydrogen (secondary N) is 1. The lowest BCUT2D eigenvalue weighted by Gasteiger charge is -2.20. The quantitative estimate of drug-likeness (QED) is 0.574. The molecule has 0 fully saturated rings. The Kier molecular flexibility index (Phi) is 6.85. The molecule has 3 rings (SSSR count). The topological polar surface area (TPSA) is 71.0 Å². The van der Waals surface area contributed by atoms with Gasteiger partial charge in [0.25, 0.3) is 0 Å². The third kappa shape index (κ3) is 4.68. The number of carbonyl (C=O) groups excluding carboxylic acids is 1. The molecule has 0 unspecified atom stereocenters. The first-order chi connectivity index (χ1) is 14.6. The summed E-state index contributed by atoms with van der Waals surface area (Å²) in [7, 11) is 6.24. The maximum Gasteiger partial charge on any atom is 0.226 e. The van der Waals surface area contributed by atoms with Crippen molar-refractivity contribution in [1.29, 1.82) is 0 Å². The van der Waals surface area contributed by atoms with Crippen LogP contribution >= 0.6 is 0 Å². The van der Waals surface area contributed by atoms with Gasteiger partial charge in [0.1, 0.15) is 5.75 Å². The summed E-state index contributed by atoms with van der Waals surface area (Å²) >= 11 is 0. The first kappa shape index (κ1) is 21.1.